The van der Waals surface area contributed by atoms with Crippen LogP contribution in [0.4, 0.5) is 5.69 Å². The standard InChI is InChI=1S/C12H17NO2S/c1-9(2)16-8-10(3)11-4-6-12(7-5-11)13(14)15/h4-7,9-10H,8H2,1-3H3. The van der Waals surface area contributed by atoms with Crippen LogP contribution in [0.1, 0.15) is 32.3 Å². The summed E-state index contributed by atoms with van der Waals surface area (Å²) in [5.41, 5.74) is 1.33. The third-order valence-corrected chi connectivity index (χ3v) is 3.71. The van der Waals surface area contributed by atoms with Gasteiger partial charge in [-0.25, -0.2) is 0 Å². The minimum atomic E-state index is -0.364. The van der Waals surface area contributed by atoms with Gasteiger partial charge in [0.25, 0.3) is 5.69 Å². The van der Waals surface area contributed by atoms with Gasteiger partial charge in [0.2, 0.25) is 0 Å². The molecule has 0 heterocycles. The number of benzene rings is 1. The summed E-state index contributed by atoms with van der Waals surface area (Å²) in [6, 6.07) is 6.85. The third-order valence-electron chi connectivity index (χ3n) is 2.35. The molecule has 0 N–H and O–H groups in total. The number of rotatable bonds is 5. The van der Waals surface area contributed by atoms with Crippen LogP contribution in [-0.4, -0.2) is 15.9 Å². The highest BCUT2D eigenvalue weighted by atomic mass is 32.2. The Labute approximate surface area is 100 Å². The zero-order valence-corrected chi connectivity index (χ0v) is 10.7. The van der Waals surface area contributed by atoms with E-state index >= 15 is 0 Å². The Morgan fingerprint density at radius 3 is 2.25 bits per heavy atom. The maximum Gasteiger partial charge on any atom is 0.269 e. The lowest BCUT2D eigenvalue weighted by Gasteiger charge is -2.12. The number of hydrogen-bond donors (Lipinski definition) is 0. The average Bonchev–Trinajstić information content (AvgIpc) is 2.26. The van der Waals surface area contributed by atoms with Crippen molar-refractivity contribution in [2.24, 2.45) is 0 Å². The minimum Gasteiger partial charge on any atom is -0.258 e. The molecular weight excluding hydrogens is 222 g/mol. The van der Waals surface area contributed by atoms with Crippen LogP contribution in [-0.2, 0) is 0 Å². The van der Waals surface area contributed by atoms with E-state index in [-0.39, 0.29) is 10.6 Å². The maximum absolute atomic E-state index is 10.5. The predicted octanol–water partition coefficient (Wildman–Crippen LogP) is 3.84. The lowest BCUT2D eigenvalue weighted by Crippen LogP contribution is -2.00. The van der Waals surface area contributed by atoms with Crippen LogP contribution in [0.2, 0.25) is 0 Å². The molecule has 88 valence electrons. The summed E-state index contributed by atoms with van der Waals surface area (Å²) in [5, 5.41) is 11.1. The zero-order valence-electron chi connectivity index (χ0n) is 9.84. The smallest absolute Gasteiger partial charge is 0.258 e. The number of hydrogen-bond acceptors (Lipinski definition) is 3. The molecule has 0 radical (unpaired) electrons. The molecule has 16 heavy (non-hydrogen) atoms. The maximum atomic E-state index is 10.5. The van der Waals surface area contributed by atoms with Gasteiger partial charge in [-0.2, -0.15) is 11.8 Å². The van der Waals surface area contributed by atoms with Crippen LogP contribution in [0.5, 0.6) is 0 Å². The Bertz CT molecular complexity index is 349. The van der Waals surface area contributed by atoms with Gasteiger partial charge in [-0.15, -0.1) is 0 Å². The Kier molecular flexibility index (Phi) is 4.80. The van der Waals surface area contributed by atoms with Gasteiger partial charge in [-0.3, -0.25) is 10.1 Å². The number of non-ortho nitro benzene ring substituents is 1. The van der Waals surface area contributed by atoms with Gasteiger partial charge in [-0.1, -0.05) is 32.9 Å². The molecule has 0 saturated heterocycles. The van der Waals surface area contributed by atoms with E-state index in [1.54, 1.807) is 12.1 Å². The summed E-state index contributed by atoms with van der Waals surface area (Å²) in [7, 11) is 0. The number of thioether (sulfide) groups is 1. The van der Waals surface area contributed by atoms with E-state index < -0.39 is 0 Å². The van der Waals surface area contributed by atoms with Gasteiger partial charge in [0, 0.05) is 17.9 Å². The first-order valence-corrected chi connectivity index (χ1v) is 6.41. The van der Waals surface area contributed by atoms with Gasteiger partial charge in [0.05, 0.1) is 4.92 Å². The molecule has 0 amide bonds. The topological polar surface area (TPSA) is 43.1 Å². The molecule has 4 heteroatoms. The Balaban J connectivity index is 2.63. The predicted molar refractivity (Wildman–Crippen MR) is 69.1 cm³/mol. The number of nitro benzene ring substituents is 1. The van der Waals surface area contributed by atoms with E-state index in [0.717, 1.165) is 5.75 Å². The fourth-order valence-corrected chi connectivity index (χ4v) is 2.22. The molecule has 3 nitrogen and oxygen atoms in total. The van der Waals surface area contributed by atoms with Crippen molar-refractivity contribution in [2.45, 2.75) is 31.9 Å². The van der Waals surface area contributed by atoms with Gasteiger partial charge in [0.15, 0.2) is 0 Å². The average molecular weight is 239 g/mol. The first-order chi connectivity index (χ1) is 7.50. The van der Waals surface area contributed by atoms with Crippen molar-refractivity contribution in [1.82, 2.24) is 0 Å². The largest absolute Gasteiger partial charge is 0.269 e. The van der Waals surface area contributed by atoms with Gasteiger partial charge in [-0.05, 0) is 16.7 Å². The lowest BCUT2D eigenvalue weighted by atomic mass is 10.0. The molecule has 0 saturated carbocycles. The normalized spacial score (nSPS) is 12.8. The fourth-order valence-electron chi connectivity index (χ4n) is 1.36. The Morgan fingerprint density at radius 2 is 1.81 bits per heavy atom. The highest BCUT2D eigenvalue weighted by molar-refractivity contribution is 7.99. The van der Waals surface area contributed by atoms with Crippen molar-refractivity contribution in [3.8, 4) is 0 Å². The summed E-state index contributed by atoms with van der Waals surface area (Å²) in [6.07, 6.45) is 0. The van der Waals surface area contributed by atoms with Crippen LogP contribution >= 0.6 is 11.8 Å². The molecule has 1 aromatic rings. The molecule has 1 aromatic carbocycles. The molecule has 0 spiro atoms. The van der Waals surface area contributed by atoms with E-state index in [0.29, 0.717) is 11.2 Å². The molecule has 0 bridgehead atoms. The summed E-state index contributed by atoms with van der Waals surface area (Å²) in [5.74, 6) is 1.49. The van der Waals surface area contributed by atoms with E-state index in [4.69, 9.17) is 0 Å². The summed E-state index contributed by atoms with van der Waals surface area (Å²) in [4.78, 5) is 10.1. The van der Waals surface area contributed by atoms with Crippen molar-refractivity contribution < 1.29 is 4.92 Å². The molecule has 0 aromatic heterocycles. The van der Waals surface area contributed by atoms with E-state index in [2.05, 4.69) is 20.8 Å². The van der Waals surface area contributed by atoms with Crippen LogP contribution in [0, 0.1) is 10.1 Å². The second kappa shape index (κ2) is 5.89. The number of nitro groups is 1. The van der Waals surface area contributed by atoms with Crippen LogP contribution in [0.15, 0.2) is 24.3 Å². The van der Waals surface area contributed by atoms with Gasteiger partial charge < -0.3 is 0 Å². The Morgan fingerprint density at radius 1 is 1.25 bits per heavy atom. The van der Waals surface area contributed by atoms with Crippen molar-refractivity contribution in [2.75, 3.05) is 5.75 Å². The molecule has 0 fully saturated rings. The second-order valence-electron chi connectivity index (χ2n) is 4.13. The van der Waals surface area contributed by atoms with Crippen LogP contribution < -0.4 is 0 Å². The molecule has 0 aliphatic heterocycles. The quantitative estimate of drug-likeness (QED) is 0.579. The first kappa shape index (κ1) is 13.0. The molecule has 0 aliphatic carbocycles. The molecule has 1 atom stereocenters. The second-order valence-corrected chi connectivity index (χ2v) is 5.74. The van der Waals surface area contributed by atoms with Crippen molar-refractivity contribution in [3.63, 3.8) is 0 Å². The highest BCUT2D eigenvalue weighted by Crippen LogP contribution is 2.24. The van der Waals surface area contributed by atoms with Crippen molar-refractivity contribution in [3.05, 3.63) is 39.9 Å². The van der Waals surface area contributed by atoms with Crippen LogP contribution in [0.3, 0.4) is 0 Å². The monoisotopic (exact) mass is 239 g/mol. The van der Waals surface area contributed by atoms with Crippen molar-refractivity contribution in [1.29, 1.82) is 0 Å². The van der Waals surface area contributed by atoms with Gasteiger partial charge in [0.1, 0.15) is 0 Å². The van der Waals surface area contributed by atoms with Gasteiger partial charge >= 0.3 is 0 Å². The van der Waals surface area contributed by atoms with Crippen molar-refractivity contribution >= 4 is 17.4 Å². The van der Waals surface area contributed by atoms with E-state index in [1.807, 2.05) is 23.9 Å². The fraction of sp³-hybridized carbons (Fsp3) is 0.500. The SMILES string of the molecule is CC(C)SCC(C)c1ccc([N+](=O)[O-])cc1. The zero-order chi connectivity index (χ0) is 12.1. The van der Waals surface area contributed by atoms with E-state index in [1.165, 1.54) is 5.56 Å². The Hall–Kier alpha value is -1.03. The van der Waals surface area contributed by atoms with Crippen LogP contribution in [0.25, 0.3) is 0 Å². The van der Waals surface area contributed by atoms with E-state index in [9.17, 15) is 10.1 Å². The lowest BCUT2D eigenvalue weighted by molar-refractivity contribution is -0.384. The molecular formula is C12H17NO2S. The molecule has 1 rings (SSSR count). The summed E-state index contributed by atoms with van der Waals surface area (Å²) >= 11 is 1.91. The third kappa shape index (κ3) is 3.85. The minimum absolute atomic E-state index is 0.160. The first-order valence-electron chi connectivity index (χ1n) is 5.36. The summed E-state index contributed by atoms with van der Waals surface area (Å²) < 4.78 is 0. The molecule has 0 aliphatic rings. The highest BCUT2D eigenvalue weighted by Gasteiger charge is 2.09. The molecule has 1 unspecified atom stereocenters. The summed E-state index contributed by atoms with van der Waals surface area (Å²) in [6.45, 7) is 6.50. The number of nitrogens with zero attached hydrogens (tertiary/aromatic N) is 1.